The Kier molecular flexibility index (Phi) is 2.49. The van der Waals surface area contributed by atoms with Crippen LogP contribution in [0.5, 0.6) is 0 Å². The van der Waals surface area contributed by atoms with Gasteiger partial charge in [-0.1, -0.05) is 64.5 Å². The molecule has 0 saturated carbocycles. The number of hydrogen-bond acceptors (Lipinski definition) is 0. The van der Waals surface area contributed by atoms with Gasteiger partial charge in [-0.2, -0.15) is 0 Å². The third-order valence-corrected chi connectivity index (χ3v) is 4.57. The Balaban J connectivity index is 1.99. The Labute approximate surface area is 121 Å². The van der Waals surface area contributed by atoms with Crippen LogP contribution in [0.25, 0.3) is 6.08 Å². The van der Waals surface area contributed by atoms with Crippen molar-refractivity contribution in [2.45, 2.75) is 12.3 Å². The topological polar surface area (TPSA) is 0 Å². The predicted octanol–water partition coefficient (Wildman–Crippen LogP) is 5.09. The summed E-state index contributed by atoms with van der Waals surface area (Å²) in [5, 5.41) is 0. The van der Waals surface area contributed by atoms with Gasteiger partial charge in [0.15, 0.2) is 0 Å². The average Bonchev–Trinajstić information content (AvgIpc) is 2.46. The van der Waals surface area contributed by atoms with E-state index < -0.39 is 0 Å². The lowest BCUT2D eigenvalue weighted by molar-refractivity contribution is 0.901. The molecule has 0 N–H and O–H groups in total. The van der Waals surface area contributed by atoms with E-state index in [9.17, 15) is 0 Å². The van der Waals surface area contributed by atoms with Gasteiger partial charge in [0.05, 0.1) is 0 Å². The Morgan fingerprint density at radius 3 is 2.79 bits per heavy atom. The average molecular weight is 309 g/mol. The molecule has 2 aliphatic carbocycles. The maximum Gasteiger partial charge on any atom is 0.0346 e. The van der Waals surface area contributed by atoms with Crippen molar-refractivity contribution in [1.82, 2.24) is 0 Å². The van der Waals surface area contributed by atoms with Crippen LogP contribution in [-0.2, 0) is 6.42 Å². The van der Waals surface area contributed by atoms with Crippen LogP contribution in [0.2, 0.25) is 0 Å². The molecule has 0 spiro atoms. The number of fused-ring (bicyclic) bond motifs is 5. The number of hydrogen-bond donors (Lipinski definition) is 0. The first kappa shape index (κ1) is 11.2. The molecule has 0 bridgehead atoms. The van der Waals surface area contributed by atoms with E-state index in [0.717, 1.165) is 10.9 Å². The fourth-order valence-corrected chi connectivity index (χ4v) is 3.55. The highest BCUT2D eigenvalue weighted by Gasteiger charge is 2.27. The zero-order valence-corrected chi connectivity index (χ0v) is 12.0. The second-order valence-corrected chi connectivity index (χ2v) is 6.06. The maximum atomic E-state index is 3.60. The summed E-state index contributed by atoms with van der Waals surface area (Å²) < 4.78 is 1.16. The molecule has 0 fully saturated rings. The first-order valence-electron chi connectivity index (χ1n) is 6.58. The van der Waals surface area contributed by atoms with Crippen LogP contribution in [0.15, 0.2) is 64.7 Å². The van der Waals surface area contributed by atoms with Crippen LogP contribution >= 0.6 is 15.9 Å². The fraction of sp³-hybridized carbons (Fsp3) is 0.111. The van der Waals surface area contributed by atoms with Crippen molar-refractivity contribution >= 4 is 22.0 Å². The van der Waals surface area contributed by atoms with Crippen LogP contribution in [0, 0.1) is 0 Å². The van der Waals surface area contributed by atoms with Gasteiger partial charge in [0, 0.05) is 10.4 Å². The molecular formula is C18H13Br. The van der Waals surface area contributed by atoms with E-state index in [4.69, 9.17) is 0 Å². The Bertz CT molecular complexity index is 722. The van der Waals surface area contributed by atoms with E-state index >= 15 is 0 Å². The van der Waals surface area contributed by atoms with Crippen LogP contribution in [0.3, 0.4) is 0 Å². The molecule has 1 heteroatoms. The lowest BCUT2D eigenvalue weighted by Gasteiger charge is -2.30. The standard InChI is InChI=1S/C18H13Br/c19-15-10-9-13-6-8-14-7-5-12-3-1-2-4-16(12)18(14)17(13)11-15/h1-4,6-11,18H,5H2. The molecule has 0 heterocycles. The summed E-state index contributed by atoms with van der Waals surface area (Å²) >= 11 is 3.60. The number of rotatable bonds is 0. The summed E-state index contributed by atoms with van der Waals surface area (Å²) in [4.78, 5) is 0. The summed E-state index contributed by atoms with van der Waals surface area (Å²) in [6.07, 6.45) is 7.93. The molecule has 0 nitrogen and oxygen atoms in total. The van der Waals surface area contributed by atoms with Crippen molar-refractivity contribution < 1.29 is 0 Å². The van der Waals surface area contributed by atoms with Crippen LogP contribution < -0.4 is 0 Å². The lowest BCUT2D eigenvalue weighted by atomic mass is 9.74. The molecule has 19 heavy (non-hydrogen) atoms. The van der Waals surface area contributed by atoms with Gasteiger partial charge in [-0.15, -0.1) is 0 Å². The zero-order chi connectivity index (χ0) is 12.8. The van der Waals surface area contributed by atoms with E-state index in [-0.39, 0.29) is 0 Å². The molecule has 2 aliphatic rings. The largest absolute Gasteiger partial charge is 0.0759 e. The van der Waals surface area contributed by atoms with Crippen molar-refractivity contribution in [2.75, 3.05) is 0 Å². The number of halogens is 1. The second-order valence-electron chi connectivity index (χ2n) is 5.15. The quantitative estimate of drug-likeness (QED) is 0.636. The molecule has 0 amide bonds. The number of allylic oxidation sites excluding steroid dienone is 3. The molecule has 0 aromatic heterocycles. The van der Waals surface area contributed by atoms with E-state index in [1.54, 1.807) is 0 Å². The Morgan fingerprint density at radius 1 is 0.947 bits per heavy atom. The van der Waals surface area contributed by atoms with Crippen molar-refractivity contribution in [3.63, 3.8) is 0 Å². The monoisotopic (exact) mass is 308 g/mol. The third kappa shape index (κ3) is 1.73. The summed E-state index contributed by atoms with van der Waals surface area (Å²) in [7, 11) is 0. The summed E-state index contributed by atoms with van der Waals surface area (Å²) in [5.41, 5.74) is 7.10. The Hall–Kier alpha value is -1.60. The number of benzene rings is 2. The minimum Gasteiger partial charge on any atom is -0.0759 e. The summed E-state index contributed by atoms with van der Waals surface area (Å²) in [5.74, 6) is 0.405. The fourth-order valence-electron chi connectivity index (χ4n) is 3.17. The summed E-state index contributed by atoms with van der Waals surface area (Å²) in [6.45, 7) is 0. The van der Waals surface area contributed by atoms with Crippen LogP contribution in [-0.4, -0.2) is 0 Å². The molecule has 2 aromatic rings. The minimum absolute atomic E-state index is 0.405. The molecule has 0 radical (unpaired) electrons. The maximum absolute atomic E-state index is 3.60. The molecule has 1 atom stereocenters. The van der Waals surface area contributed by atoms with E-state index in [1.165, 1.54) is 27.8 Å². The van der Waals surface area contributed by atoms with Gasteiger partial charge in [0.2, 0.25) is 0 Å². The summed E-state index contributed by atoms with van der Waals surface area (Å²) in [6, 6.07) is 15.4. The van der Waals surface area contributed by atoms with Gasteiger partial charge >= 0.3 is 0 Å². The Morgan fingerprint density at radius 2 is 1.84 bits per heavy atom. The molecule has 0 saturated heterocycles. The molecule has 92 valence electrons. The van der Waals surface area contributed by atoms with E-state index in [0.29, 0.717) is 5.92 Å². The van der Waals surface area contributed by atoms with Gasteiger partial charge in [-0.3, -0.25) is 0 Å². The first-order valence-corrected chi connectivity index (χ1v) is 7.37. The van der Waals surface area contributed by atoms with Gasteiger partial charge in [0.1, 0.15) is 0 Å². The van der Waals surface area contributed by atoms with Crippen molar-refractivity contribution in [1.29, 1.82) is 0 Å². The predicted molar refractivity (Wildman–Crippen MR) is 83.2 cm³/mol. The van der Waals surface area contributed by atoms with Crippen LogP contribution in [0.4, 0.5) is 0 Å². The molecule has 1 unspecified atom stereocenters. The molecular weight excluding hydrogens is 296 g/mol. The van der Waals surface area contributed by atoms with Gasteiger partial charge < -0.3 is 0 Å². The highest BCUT2D eigenvalue weighted by molar-refractivity contribution is 9.10. The van der Waals surface area contributed by atoms with E-state index in [1.807, 2.05) is 0 Å². The first-order chi connectivity index (χ1) is 9.33. The van der Waals surface area contributed by atoms with Crippen LogP contribution in [0.1, 0.15) is 28.2 Å². The highest BCUT2D eigenvalue weighted by atomic mass is 79.9. The normalized spacial score (nSPS) is 19.2. The second kappa shape index (κ2) is 4.21. The zero-order valence-electron chi connectivity index (χ0n) is 10.4. The molecule has 2 aromatic carbocycles. The van der Waals surface area contributed by atoms with Gasteiger partial charge in [-0.05, 0) is 46.4 Å². The SMILES string of the molecule is Brc1ccc2c(c1)C1C(=CCc3ccccc31)C=C2. The van der Waals surface area contributed by atoms with Crippen molar-refractivity contribution in [3.8, 4) is 0 Å². The molecule has 4 rings (SSSR count). The highest BCUT2D eigenvalue weighted by Crippen LogP contribution is 2.43. The van der Waals surface area contributed by atoms with Gasteiger partial charge in [-0.25, -0.2) is 0 Å². The van der Waals surface area contributed by atoms with Gasteiger partial charge in [0.25, 0.3) is 0 Å². The van der Waals surface area contributed by atoms with Crippen molar-refractivity contribution in [2.24, 2.45) is 0 Å². The van der Waals surface area contributed by atoms with E-state index in [2.05, 4.69) is 76.6 Å². The smallest absolute Gasteiger partial charge is 0.0346 e. The lowest BCUT2D eigenvalue weighted by Crippen LogP contribution is -2.14. The third-order valence-electron chi connectivity index (χ3n) is 4.07. The molecule has 0 aliphatic heterocycles. The minimum atomic E-state index is 0.405. The van der Waals surface area contributed by atoms with Crippen molar-refractivity contribution in [3.05, 3.63) is 86.9 Å².